The average molecular weight is 286 g/mol. The molecule has 1 fully saturated rings. The average Bonchev–Trinajstić information content (AvgIpc) is 2.83. The maximum absolute atomic E-state index is 10.4. The van der Waals surface area contributed by atoms with Gasteiger partial charge in [0.15, 0.2) is 11.5 Å². The van der Waals surface area contributed by atoms with Crippen molar-refractivity contribution < 1.29 is 19.8 Å². The smallest absolute Gasteiger partial charge is 0.165 e. The van der Waals surface area contributed by atoms with Crippen LogP contribution in [0.15, 0.2) is 24.3 Å². The summed E-state index contributed by atoms with van der Waals surface area (Å²) in [5.74, 6) is 1.24. The summed E-state index contributed by atoms with van der Waals surface area (Å²) in [6, 6.07) is 4.33. The molecule has 4 aliphatic rings. The standard InChI is InChI=1S/C17H19NO3/c1-18-7-6-17-10-3-5-13(20)16(17)21-15-12(19)4-2-9(14(15)17)8-11(10)18/h2-5,10-11,13,16,19-20H,6-8H2,1H3/p+1. The molecule has 2 aliphatic heterocycles. The molecule has 1 saturated heterocycles. The van der Waals surface area contributed by atoms with Crippen molar-refractivity contribution in [3.05, 3.63) is 35.4 Å². The predicted octanol–water partition coefficient (Wildman–Crippen LogP) is -0.219. The van der Waals surface area contributed by atoms with Gasteiger partial charge in [0.25, 0.3) is 0 Å². The number of ether oxygens (including phenoxy) is 1. The molecular weight excluding hydrogens is 266 g/mol. The molecular formula is C17H20NO3+. The first-order valence-corrected chi connectivity index (χ1v) is 7.83. The van der Waals surface area contributed by atoms with Crippen molar-refractivity contribution in [2.75, 3.05) is 13.6 Å². The van der Waals surface area contributed by atoms with Crippen LogP contribution >= 0.6 is 0 Å². The van der Waals surface area contributed by atoms with Crippen LogP contribution in [0, 0.1) is 5.92 Å². The zero-order chi connectivity index (χ0) is 14.4. The number of phenols is 1. The lowest BCUT2D eigenvalue weighted by Crippen LogP contribution is -3.16. The highest BCUT2D eigenvalue weighted by Gasteiger charge is 2.65. The van der Waals surface area contributed by atoms with E-state index in [0.717, 1.165) is 19.4 Å². The van der Waals surface area contributed by atoms with E-state index in [9.17, 15) is 10.2 Å². The zero-order valence-electron chi connectivity index (χ0n) is 12.0. The molecule has 6 unspecified atom stereocenters. The quantitative estimate of drug-likeness (QED) is 0.578. The summed E-state index contributed by atoms with van der Waals surface area (Å²) in [4.78, 5) is 1.57. The van der Waals surface area contributed by atoms with Gasteiger partial charge in [-0.15, -0.1) is 0 Å². The van der Waals surface area contributed by atoms with Crippen LogP contribution < -0.4 is 9.64 Å². The molecule has 0 saturated carbocycles. The van der Waals surface area contributed by atoms with Crippen LogP contribution in [0.2, 0.25) is 0 Å². The Hall–Kier alpha value is -1.52. The van der Waals surface area contributed by atoms with E-state index in [1.807, 2.05) is 12.1 Å². The fourth-order valence-corrected chi connectivity index (χ4v) is 5.38. The van der Waals surface area contributed by atoms with Gasteiger partial charge in [0, 0.05) is 24.3 Å². The maximum Gasteiger partial charge on any atom is 0.165 e. The number of likely N-dealkylation sites (N-methyl/N-ethyl adjacent to an activating group) is 1. The minimum absolute atomic E-state index is 0.139. The molecule has 3 N–H and O–H groups in total. The van der Waals surface area contributed by atoms with Crippen LogP contribution in [0.25, 0.3) is 0 Å². The third kappa shape index (κ3) is 1.21. The minimum Gasteiger partial charge on any atom is -0.504 e. The Morgan fingerprint density at radius 1 is 1.33 bits per heavy atom. The second-order valence-corrected chi connectivity index (χ2v) is 7.09. The second-order valence-electron chi connectivity index (χ2n) is 7.09. The van der Waals surface area contributed by atoms with Crippen molar-refractivity contribution in [2.24, 2.45) is 5.92 Å². The highest BCUT2D eigenvalue weighted by molar-refractivity contribution is 5.61. The number of rotatable bonds is 0. The Morgan fingerprint density at radius 2 is 2.19 bits per heavy atom. The summed E-state index contributed by atoms with van der Waals surface area (Å²) in [5, 5.41) is 20.7. The Labute approximate surface area is 123 Å². The van der Waals surface area contributed by atoms with E-state index in [2.05, 4.69) is 13.1 Å². The van der Waals surface area contributed by atoms with Crippen LogP contribution in [0.3, 0.4) is 0 Å². The van der Waals surface area contributed by atoms with Gasteiger partial charge in [0.05, 0.1) is 25.0 Å². The highest BCUT2D eigenvalue weighted by Crippen LogP contribution is 2.60. The summed E-state index contributed by atoms with van der Waals surface area (Å²) in [6.07, 6.45) is 5.31. The van der Waals surface area contributed by atoms with E-state index in [0.29, 0.717) is 17.7 Å². The number of phenolic OH excluding ortho intramolecular Hbond substituents is 1. The number of hydrogen-bond acceptors (Lipinski definition) is 3. The number of piperidine rings is 1. The van der Waals surface area contributed by atoms with Crippen molar-refractivity contribution in [1.29, 1.82) is 0 Å². The summed E-state index contributed by atoms with van der Waals surface area (Å²) in [7, 11) is 2.27. The number of aliphatic hydroxyl groups excluding tert-OH is 1. The van der Waals surface area contributed by atoms with E-state index in [4.69, 9.17) is 4.74 Å². The Kier molecular flexibility index (Phi) is 2.08. The van der Waals surface area contributed by atoms with Crippen molar-refractivity contribution >= 4 is 0 Å². The van der Waals surface area contributed by atoms with Gasteiger partial charge in [0.1, 0.15) is 12.2 Å². The highest BCUT2D eigenvalue weighted by atomic mass is 16.5. The predicted molar refractivity (Wildman–Crippen MR) is 76.7 cm³/mol. The van der Waals surface area contributed by atoms with E-state index >= 15 is 0 Å². The van der Waals surface area contributed by atoms with E-state index in [1.165, 1.54) is 11.1 Å². The van der Waals surface area contributed by atoms with Crippen LogP contribution in [0.4, 0.5) is 0 Å². The van der Waals surface area contributed by atoms with Gasteiger partial charge in [-0.05, 0) is 11.6 Å². The molecule has 110 valence electrons. The number of quaternary nitrogens is 1. The van der Waals surface area contributed by atoms with Gasteiger partial charge in [0.2, 0.25) is 0 Å². The third-order valence-electron chi connectivity index (χ3n) is 6.30. The molecule has 2 aliphatic carbocycles. The molecule has 1 aromatic rings. The number of nitrogens with one attached hydrogen (secondary N) is 1. The topological polar surface area (TPSA) is 54.1 Å². The first-order chi connectivity index (χ1) is 10.1. The molecule has 1 aromatic carbocycles. The SMILES string of the molecule is C[NH+]1CCC23c4c5ccc(O)c4OC2C(O)C=CC3C1C5. The fraction of sp³-hybridized carbons (Fsp3) is 0.529. The molecule has 6 atom stereocenters. The second kappa shape index (κ2) is 3.62. The number of benzene rings is 1. The molecule has 0 aromatic heterocycles. The molecule has 2 bridgehead atoms. The number of hydrogen-bond donors (Lipinski definition) is 3. The number of aromatic hydroxyl groups is 1. The minimum atomic E-state index is -0.585. The van der Waals surface area contributed by atoms with E-state index in [1.54, 1.807) is 11.0 Å². The number of likely N-dealkylation sites (tertiary alicyclic amines) is 1. The molecule has 4 heteroatoms. The molecule has 1 spiro atoms. The normalized spacial score (nSPS) is 45.1. The van der Waals surface area contributed by atoms with Gasteiger partial charge in [-0.2, -0.15) is 0 Å². The van der Waals surface area contributed by atoms with Gasteiger partial charge in [-0.1, -0.05) is 18.2 Å². The van der Waals surface area contributed by atoms with Crippen LogP contribution in [0.5, 0.6) is 11.5 Å². The first kappa shape index (κ1) is 12.1. The largest absolute Gasteiger partial charge is 0.504 e. The zero-order valence-corrected chi connectivity index (χ0v) is 12.0. The van der Waals surface area contributed by atoms with E-state index in [-0.39, 0.29) is 17.3 Å². The molecule has 2 heterocycles. The lowest BCUT2D eigenvalue weighted by Gasteiger charge is -2.54. The van der Waals surface area contributed by atoms with Gasteiger partial charge in [-0.25, -0.2) is 0 Å². The number of aliphatic hydroxyl groups is 1. The Balaban J connectivity index is 1.84. The maximum atomic E-state index is 10.4. The van der Waals surface area contributed by atoms with Crippen LogP contribution in [-0.2, 0) is 11.8 Å². The first-order valence-electron chi connectivity index (χ1n) is 7.83. The van der Waals surface area contributed by atoms with Crippen molar-refractivity contribution in [2.45, 2.75) is 36.5 Å². The monoisotopic (exact) mass is 286 g/mol. The van der Waals surface area contributed by atoms with E-state index < -0.39 is 6.10 Å². The Bertz CT molecular complexity index is 670. The molecule has 21 heavy (non-hydrogen) atoms. The molecule has 4 nitrogen and oxygen atoms in total. The summed E-state index contributed by atoms with van der Waals surface area (Å²) < 4.78 is 6.10. The third-order valence-corrected chi connectivity index (χ3v) is 6.30. The Morgan fingerprint density at radius 3 is 3.05 bits per heavy atom. The van der Waals surface area contributed by atoms with Crippen molar-refractivity contribution in [3.63, 3.8) is 0 Å². The lowest BCUT2D eigenvalue weighted by atomic mass is 9.53. The van der Waals surface area contributed by atoms with Crippen LogP contribution in [-0.4, -0.2) is 42.1 Å². The van der Waals surface area contributed by atoms with Gasteiger partial charge in [-0.3, -0.25) is 0 Å². The van der Waals surface area contributed by atoms with Crippen molar-refractivity contribution in [1.82, 2.24) is 0 Å². The summed E-state index contributed by atoms with van der Waals surface area (Å²) in [5.41, 5.74) is 2.35. The van der Waals surface area contributed by atoms with Gasteiger partial charge < -0.3 is 19.8 Å². The van der Waals surface area contributed by atoms with Gasteiger partial charge >= 0.3 is 0 Å². The lowest BCUT2D eigenvalue weighted by molar-refractivity contribution is -0.917. The molecule has 5 rings (SSSR count). The van der Waals surface area contributed by atoms with Crippen molar-refractivity contribution in [3.8, 4) is 11.5 Å². The molecule has 0 radical (unpaired) electrons. The molecule has 0 amide bonds. The summed E-state index contributed by atoms with van der Waals surface area (Å²) >= 11 is 0. The van der Waals surface area contributed by atoms with Crippen LogP contribution in [0.1, 0.15) is 17.5 Å². The fourth-order valence-electron chi connectivity index (χ4n) is 5.38. The summed E-state index contributed by atoms with van der Waals surface area (Å²) in [6.45, 7) is 1.09.